The number of carbonyl (C=O) groups excluding carboxylic acids is 11. The van der Waals surface area contributed by atoms with Crippen LogP contribution in [0.3, 0.4) is 0 Å². The Morgan fingerprint density at radius 2 is 0.888 bits per heavy atom. The molecule has 1 fully saturated rings. The average molecular weight is 1260 g/mol. The Kier molecular flexibility index (Phi) is 33.9. The molecule has 21 heteroatoms. The number of likely N-dealkylation sites (N-methyl/N-ethyl adjacent to an activating group) is 7. The van der Waals surface area contributed by atoms with Gasteiger partial charge in [-0.25, -0.2) is 0 Å². The lowest BCUT2D eigenvalue weighted by molar-refractivity contribution is -0.158. The van der Waals surface area contributed by atoms with Crippen LogP contribution in [0.5, 0.6) is 0 Å². The highest BCUT2D eigenvalue weighted by atomic mass is 16.5. The molecule has 0 aromatic rings. The second kappa shape index (κ2) is 37.1. The predicted octanol–water partition coefficient (Wildman–Crippen LogP) is 6.80. The van der Waals surface area contributed by atoms with Crippen molar-refractivity contribution >= 4 is 64.6 Å². The van der Waals surface area contributed by atoms with Crippen LogP contribution in [0.15, 0.2) is 12.2 Å². The number of ether oxygens (including phenoxy) is 1. The van der Waals surface area contributed by atoms with Crippen molar-refractivity contribution in [3.8, 4) is 0 Å². The maximum atomic E-state index is 15.3. The van der Waals surface area contributed by atoms with E-state index in [0.717, 1.165) is 4.90 Å². The van der Waals surface area contributed by atoms with Crippen LogP contribution < -0.4 is 5.32 Å². The SMILES string of the molecule is C/C=C/C[C@@H](C)[C@@H](O)C1C(=O)N[C@@H](CC)C(=O)N(C)[C@H](C(C)C)C(=O)N(C)[C@@H]([C@H](C)COC)C(=O)C[C@@H](C(C)C)C(=O)N(C)[C@@H](CC(C)C)C(=O)C[C@@H](C)C(=O)C[C@H](C)C(=O)N(C)[C@@H](CC(C)C)C(=O)N(C)[C@@H](CC(C)C)C(=O)N(C)[C@@H](C(C)C)C(=O)N1C. The highest BCUT2D eigenvalue weighted by Crippen LogP contribution is 2.30. The number of aliphatic hydroxyl groups is 1. The zero-order valence-electron chi connectivity index (χ0n) is 59.5. The van der Waals surface area contributed by atoms with Crippen LogP contribution in [0.25, 0.3) is 0 Å². The van der Waals surface area contributed by atoms with E-state index < -0.39 is 155 Å². The molecule has 1 saturated heterocycles. The summed E-state index contributed by atoms with van der Waals surface area (Å²) in [5.74, 6) is -12.0. The van der Waals surface area contributed by atoms with E-state index in [4.69, 9.17) is 4.74 Å². The van der Waals surface area contributed by atoms with Crippen molar-refractivity contribution in [1.29, 1.82) is 0 Å². The second-order valence-electron chi connectivity index (χ2n) is 28.2. The first-order valence-corrected chi connectivity index (χ1v) is 32.6. The molecule has 0 aromatic heterocycles. The molecule has 0 bridgehead atoms. The summed E-state index contributed by atoms with van der Waals surface area (Å²) in [5, 5.41) is 15.0. The summed E-state index contributed by atoms with van der Waals surface area (Å²) in [7, 11) is 11.7. The van der Waals surface area contributed by atoms with Crippen molar-refractivity contribution < 1.29 is 62.6 Å². The summed E-state index contributed by atoms with van der Waals surface area (Å²) in [6.07, 6.45) is 2.22. The second-order valence-corrected chi connectivity index (χ2v) is 28.2. The summed E-state index contributed by atoms with van der Waals surface area (Å²) in [5.41, 5.74) is 0. The van der Waals surface area contributed by atoms with Gasteiger partial charge in [-0.1, -0.05) is 130 Å². The fourth-order valence-electron chi connectivity index (χ4n) is 12.6. The molecule has 89 heavy (non-hydrogen) atoms. The number of hydrogen-bond acceptors (Lipinski definition) is 13. The van der Waals surface area contributed by atoms with Crippen LogP contribution in [0.1, 0.15) is 176 Å². The van der Waals surface area contributed by atoms with E-state index in [-0.39, 0.29) is 80.9 Å². The minimum atomic E-state index is -1.62. The van der Waals surface area contributed by atoms with Crippen LogP contribution in [0.4, 0.5) is 0 Å². The number of aliphatic hydroxyl groups excluding tert-OH is 1. The van der Waals surface area contributed by atoms with Crippen LogP contribution in [-0.2, 0) is 57.5 Å². The van der Waals surface area contributed by atoms with Gasteiger partial charge in [0.15, 0.2) is 11.6 Å². The molecular formula is C68H120N8O13. The standard InChI is InChI=1S/C68H120N8O13/c1-27-29-30-44(15)60(80)59-61(81)69-49(28-2)64(84)73(22)56(42(11)12)67(87)75(24)58(47(18)37-89-26)55(79)36-48(41(9)10)63(83)70(19)50(31-38(3)4)54(78)34-45(16)53(77)35-46(17)62(82)71(20)51(32-39(5)6)65(85)72(21)52(33-40(7)8)66(86)74(23)57(43(13)14)68(88)76(59)25/h27,29,38-52,56-60,80H,28,30-37H2,1-26H3,(H,69,81)/b29-27+/t44-,45-,46+,47-,48+,49+,50+,51+,52+,56-,57+,58+,59?,60-/m1/s1. The Balaban J connectivity index is 4.49. The molecule has 1 aliphatic rings. The maximum absolute atomic E-state index is 15.3. The lowest BCUT2D eigenvalue weighted by Crippen LogP contribution is -2.64. The van der Waals surface area contributed by atoms with Gasteiger partial charge in [0, 0.05) is 99.4 Å². The average Bonchev–Trinajstić information content (AvgIpc) is 3.10. The third-order valence-corrected chi connectivity index (χ3v) is 18.1. The third-order valence-electron chi connectivity index (χ3n) is 18.1. The normalized spacial score (nSPS) is 27.7. The number of nitrogens with zero attached hydrogens (tertiary/aromatic N) is 7. The molecule has 0 aliphatic carbocycles. The Morgan fingerprint density at radius 3 is 1.31 bits per heavy atom. The smallest absolute Gasteiger partial charge is 0.246 e. The van der Waals surface area contributed by atoms with E-state index >= 15 is 24.0 Å². The lowest BCUT2D eigenvalue weighted by Gasteiger charge is -2.42. The fraction of sp³-hybridized carbons (Fsp3) is 0.809. The number of allylic oxidation sites excluding steroid dienone is 2. The molecule has 0 radical (unpaired) electrons. The zero-order chi connectivity index (χ0) is 69.1. The fourth-order valence-corrected chi connectivity index (χ4v) is 12.6. The van der Waals surface area contributed by atoms with Gasteiger partial charge in [-0.15, -0.1) is 0 Å². The van der Waals surface area contributed by atoms with Gasteiger partial charge >= 0.3 is 0 Å². The molecular weight excluding hydrogens is 1140 g/mol. The van der Waals surface area contributed by atoms with E-state index in [1.54, 1.807) is 82.2 Å². The Hall–Kier alpha value is -5.57. The summed E-state index contributed by atoms with van der Waals surface area (Å²) in [6.45, 7) is 32.2. The summed E-state index contributed by atoms with van der Waals surface area (Å²) >= 11 is 0. The van der Waals surface area contributed by atoms with Gasteiger partial charge in [-0.2, -0.15) is 0 Å². The van der Waals surface area contributed by atoms with Gasteiger partial charge in [-0.3, -0.25) is 52.7 Å². The van der Waals surface area contributed by atoms with Crippen molar-refractivity contribution in [2.45, 2.75) is 230 Å². The molecule has 21 nitrogen and oxygen atoms in total. The van der Waals surface area contributed by atoms with E-state index in [1.807, 2.05) is 54.5 Å². The quantitative estimate of drug-likeness (QED) is 0.142. The number of nitrogens with one attached hydrogen (secondary N) is 1. The molecule has 2 N–H and O–H groups in total. The van der Waals surface area contributed by atoms with Gasteiger partial charge in [-0.05, 0) is 80.5 Å². The maximum Gasteiger partial charge on any atom is 0.246 e. The van der Waals surface area contributed by atoms with Crippen molar-refractivity contribution in [2.75, 3.05) is 63.1 Å². The van der Waals surface area contributed by atoms with Crippen LogP contribution in [0.2, 0.25) is 0 Å². The molecule has 510 valence electrons. The minimum Gasteiger partial charge on any atom is -0.390 e. The Morgan fingerprint density at radius 1 is 0.483 bits per heavy atom. The summed E-state index contributed by atoms with van der Waals surface area (Å²) in [6, 6.07) is -9.73. The summed E-state index contributed by atoms with van der Waals surface area (Å²) < 4.78 is 5.54. The lowest BCUT2D eigenvalue weighted by atomic mass is 9.83. The molecule has 1 rings (SSSR count). The number of amides is 8. The van der Waals surface area contributed by atoms with Gasteiger partial charge < -0.3 is 49.5 Å². The van der Waals surface area contributed by atoms with E-state index in [9.17, 15) is 33.9 Å². The van der Waals surface area contributed by atoms with Crippen LogP contribution in [-0.4, -0.2) is 222 Å². The van der Waals surface area contributed by atoms with Crippen molar-refractivity contribution in [3.63, 3.8) is 0 Å². The van der Waals surface area contributed by atoms with Gasteiger partial charge in [0.05, 0.1) is 24.8 Å². The Bertz CT molecular complexity index is 2430. The molecule has 14 atom stereocenters. The van der Waals surface area contributed by atoms with Gasteiger partial charge in [0.25, 0.3) is 0 Å². The predicted molar refractivity (Wildman–Crippen MR) is 347 cm³/mol. The molecule has 1 aliphatic heterocycles. The first-order chi connectivity index (χ1) is 41.1. The summed E-state index contributed by atoms with van der Waals surface area (Å²) in [4.78, 5) is 173. The zero-order valence-corrected chi connectivity index (χ0v) is 59.5. The van der Waals surface area contributed by atoms with Gasteiger partial charge in [0.1, 0.15) is 42.0 Å². The molecule has 1 unspecified atom stereocenters. The number of carbonyl (C=O) groups is 11. The topological polar surface area (TPSA) is 252 Å². The van der Waals surface area contributed by atoms with Gasteiger partial charge in [0.2, 0.25) is 47.3 Å². The first-order valence-electron chi connectivity index (χ1n) is 32.6. The molecule has 0 aromatic carbocycles. The van der Waals surface area contributed by atoms with Crippen molar-refractivity contribution in [3.05, 3.63) is 12.2 Å². The monoisotopic (exact) mass is 1260 g/mol. The number of hydrogen-bond donors (Lipinski definition) is 2. The molecule has 1 heterocycles. The Labute approximate surface area is 535 Å². The highest BCUT2D eigenvalue weighted by Gasteiger charge is 2.47. The van der Waals surface area contributed by atoms with E-state index in [2.05, 4.69) is 5.32 Å². The number of Topliss-reactive ketones (excluding diaryl/α,β-unsaturated/α-hetero) is 3. The van der Waals surface area contributed by atoms with Crippen LogP contribution >= 0.6 is 0 Å². The highest BCUT2D eigenvalue weighted by molar-refractivity contribution is 6.00. The number of ketones is 3. The van der Waals surface area contributed by atoms with E-state index in [0.29, 0.717) is 6.42 Å². The molecule has 0 spiro atoms. The van der Waals surface area contributed by atoms with Crippen molar-refractivity contribution in [2.24, 2.45) is 65.1 Å². The molecule has 8 amide bonds. The third kappa shape index (κ3) is 22.1. The molecule has 0 saturated carbocycles. The van der Waals surface area contributed by atoms with Crippen LogP contribution in [0, 0.1) is 65.1 Å². The number of rotatable bonds is 17. The van der Waals surface area contributed by atoms with E-state index in [1.165, 1.54) is 85.8 Å². The van der Waals surface area contributed by atoms with Crippen molar-refractivity contribution in [1.82, 2.24) is 39.6 Å². The largest absolute Gasteiger partial charge is 0.390 e. The minimum absolute atomic E-state index is 0.0144. The first kappa shape index (κ1) is 81.4. The number of methoxy groups -OCH3 is 1.